The van der Waals surface area contributed by atoms with E-state index in [1.54, 1.807) is 6.07 Å². The number of hydrogen-bond acceptors (Lipinski definition) is 4. The van der Waals surface area contributed by atoms with Crippen LogP contribution in [0.3, 0.4) is 0 Å². The van der Waals surface area contributed by atoms with Gasteiger partial charge in [-0.3, -0.25) is 20.4 Å². The molecular weight excluding hydrogens is 460 g/mol. The monoisotopic (exact) mass is 490 g/mol. The van der Waals surface area contributed by atoms with Crippen molar-refractivity contribution >= 4 is 27.7 Å². The predicted molar refractivity (Wildman–Crippen MR) is 125 cm³/mol. The van der Waals surface area contributed by atoms with Crippen LogP contribution in [0.25, 0.3) is 0 Å². The van der Waals surface area contributed by atoms with Crippen LogP contribution in [0.1, 0.15) is 43.4 Å². The molecule has 2 aromatic rings. The highest BCUT2D eigenvalue weighted by molar-refractivity contribution is 9.10. The molecule has 2 amide bonds. The molecule has 2 rings (SSSR count). The number of hydrogen-bond donors (Lipinski definition) is 2. The van der Waals surface area contributed by atoms with Gasteiger partial charge >= 0.3 is 0 Å². The third-order valence-electron chi connectivity index (χ3n) is 4.92. The molecule has 31 heavy (non-hydrogen) atoms. The van der Waals surface area contributed by atoms with Crippen LogP contribution in [0.5, 0.6) is 11.5 Å². The quantitative estimate of drug-likeness (QED) is 0.391. The maximum atomic E-state index is 12.5. The van der Waals surface area contributed by atoms with E-state index in [1.807, 2.05) is 58.9 Å². The van der Waals surface area contributed by atoms with E-state index < -0.39 is 11.3 Å². The highest BCUT2D eigenvalue weighted by atomic mass is 79.9. The summed E-state index contributed by atoms with van der Waals surface area (Å²) < 4.78 is 12.1. The van der Waals surface area contributed by atoms with Crippen molar-refractivity contribution in [2.75, 3.05) is 13.2 Å². The topological polar surface area (TPSA) is 76.7 Å². The zero-order chi connectivity index (χ0) is 23.0. The van der Waals surface area contributed by atoms with Crippen molar-refractivity contribution in [3.63, 3.8) is 0 Å². The normalized spacial score (nSPS) is 11.0. The summed E-state index contributed by atoms with van der Waals surface area (Å²) in [4.78, 5) is 24.5. The lowest BCUT2D eigenvalue weighted by molar-refractivity contribution is -0.135. The molecular formula is C24H31BrN2O4. The number of ether oxygens (including phenoxy) is 2. The van der Waals surface area contributed by atoms with Gasteiger partial charge in [0.05, 0.1) is 11.1 Å². The molecule has 7 heteroatoms. The number of carbonyl (C=O) groups is 2. The third-order valence-corrected chi connectivity index (χ3v) is 5.54. The van der Waals surface area contributed by atoms with Crippen LogP contribution in [0.4, 0.5) is 0 Å². The van der Waals surface area contributed by atoms with E-state index in [0.29, 0.717) is 25.2 Å². The summed E-state index contributed by atoms with van der Waals surface area (Å²) in [7, 11) is 0. The van der Waals surface area contributed by atoms with Crippen LogP contribution >= 0.6 is 15.9 Å². The molecule has 0 aliphatic carbocycles. The Hall–Kier alpha value is -2.54. The molecule has 2 N–H and O–H groups in total. The second kappa shape index (κ2) is 11.2. The largest absolute Gasteiger partial charge is 0.493 e. The molecule has 0 unspecified atom stereocenters. The van der Waals surface area contributed by atoms with Gasteiger partial charge < -0.3 is 9.47 Å². The molecule has 0 aliphatic heterocycles. The van der Waals surface area contributed by atoms with Gasteiger partial charge in [0.25, 0.3) is 5.91 Å². The van der Waals surface area contributed by atoms with E-state index in [9.17, 15) is 9.59 Å². The van der Waals surface area contributed by atoms with Gasteiger partial charge in [-0.25, -0.2) is 0 Å². The smallest absolute Gasteiger partial charge is 0.276 e. The first-order valence-corrected chi connectivity index (χ1v) is 11.1. The summed E-state index contributed by atoms with van der Waals surface area (Å²) in [6.45, 7) is 10.0. The van der Waals surface area contributed by atoms with Crippen LogP contribution in [0.15, 0.2) is 40.9 Å². The molecule has 0 saturated heterocycles. The molecule has 2 aromatic carbocycles. The van der Waals surface area contributed by atoms with E-state index in [4.69, 9.17) is 9.47 Å². The average Bonchev–Trinajstić information content (AvgIpc) is 2.71. The van der Waals surface area contributed by atoms with Gasteiger partial charge in [0, 0.05) is 5.41 Å². The lowest BCUT2D eigenvalue weighted by Crippen LogP contribution is -2.49. The lowest BCUT2D eigenvalue weighted by Gasteiger charge is -2.23. The summed E-state index contributed by atoms with van der Waals surface area (Å²) in [6.07, 6.45) is 1.33. The Morgan fingerprint density at radius 3 is 2.32 bits per heavy atom. The van der Waals surface area contributed by atoms with Crippen molar-refractivity contribution in [3.05, 3.63) is 57.6 Å². The molecule has 0 aliphatic rings. The second-order valence-electron chi connectivity index (χ2n) is 8.33. The molecule has 0 fully saturated rings. The van der Waals surface area contributed by atoms with E-state index >= 15 is 0 Å². The van der Waals surface area contributed by atoms with E-state index in [0.717, 1.165) is 26.9 Å². The number of nitrogens with one attached hydrogen (secondary N) is 2. The highest BCUT2D eigenvalue weighted by Gasteiger charge is 2.27. The summed E-state index contributed by atoms with van der Waals surface area (Å²) in [5.41, 5.74) is 7.56. The number of hydrazine groups is 1. The molecule has 0 heterocycles. The van der Waals surface area contributed by atoms with E-state index in [2.05, 4.69) is 32.8 Å². The molecule has 0 saturated carbocycles. The van der Waals surface area contributed by atoms with Crippen molar-refractivity contribution in [1.82, 2.24) is 10.9 Å². The first-order chi connectivity index (χ1) is 14.6. The number of rotatable bonds is 9. The Kier molecular flexibility index (Phi) is 8.92. The van der Waals surface area contributed by atoms with Crippen LogP contribution in [0, 0.1) is 26.2 Å². The summed E-state index contributed by atoms with van der Waals surface area (Å²) in [5, 5.41) is 0. The van der Waals surface area contributed by atoms with Crippen molar-refractivity contribution in [3.8, 4) is 11.5 Å². The second-order valence-corrected chi connectivity index (χ2v) is 9.18. The van der Waals surface area contributed by atoms with Gasteiger partial charge in [-0.15, -0.1) is 0 Å². The maximum absolute atomic E-state index is 12.5. The molecule has 6 nitrogen and oxygen atoms in total. The first-order valence-electron chi connectivity index (χ1n) is 10.3. The Bertz CT molecular complexity index is 928. The first kappa shape index (κ1) is 24.7. The highest BCUT2D eigenvalue weighted by Crippen LogP contribution is 2.26. The number of halogens is 1. The number of carbonyl (C=O) groups excluding carboxylic acids is 2. The van der Waals surface area contributed by atoms with Crippen molar-refractivity contribution in [2.45, 2.75) is 47.5 Å². The molecule has 0 aromatic heterocycles. The Morgan fingerprint density at radius 2 is 1.61 bits per heavy atom. The molecule has 168 valence electrons. The van der Waals surface area contributed by atoms with Gasteiger partial charge in [0.15, 0.2) is 6.61 Å². The number of aryl methyl sites for hydroxylation is 3. The standard InChI is InChI=1S/C24H31BrN2O4/c1-16-8-10-20(19(25)13-16)31-15-22(28)26-27-23(29)24(4,5)11-6-12-30-21-14-17(2)7-9-18(21)3/h7-10,13-14H,6,11-12,15H2,1-5H3,(H,26,28)(H,27,29). The molecule has 0 atom stereocenters. The Morgan fingerprint density at radius 1 is 0.935 bits per heavy atom. The van der Waals surface area contributed by atoms with Gasteiger partial charge in [0.1, 0.15) is 11.5 Å². The predicted octanol–water partition coefficient (Wildman–Crippen LogP) is 4.79. The summed E-state index contributed by atoms with van der Waals surface area (Å²) in [5.74, 6) is 0.741. The van der Waals surface area contributed by atoms with Gasteiger partial charge in [-0.1, -0.05) is 32.0 Å². The molecule has 0 radical (unpaired) electrons. The maximum Gasteiger partial charge on any atom is 0.276 e. The fourth-order valence-electron chi connectivity index (χ4n) is 2.87. The van der Waals surface area contributed by atoms with Crippen LogP contribution in [-0.4, -0.2) is 25.0 Å². The van der Waals surface area contributed by atoms with Crippen LogP contribution in [-0.2, 0) is 9.59 Å². The lowest BCUT2D eigenvalue weighted by atomic mass is 9.87. The fourth-order valence-corrected chi connectivity index (χ4v) is 3.48. The van der Waals surface area contributed by atoms with Gasteiger partial charge in [-0.2, -0.15) is 0 Å². The zero-order valence-corrected chi connectivity index (χ0v) is 20.4. The summed E-state index contributed by atoms with van der Waals surface area (Å²) in [6, 6.07) is 11.7. The fraction of sp³-hybridized carbons (Fsp3) is 0.417. The Balaban J connectivity index is 1.71. The third kappa shape index (κ3) is 7.90. The van der Waals surface area contributed by atoms with Crippen molar-refractivity contribution in [1.29, 1.82) is 0 Å². The Labute approximate surface area is 192 Å². The van der Waals surface area contributed by atoms with E-state index in [-0.39, 0.29) is 12.5 Å². The minimum absolute atomic E-state index is 0.202. The minimum Gasteiger partial charge on any atom is -0.493 e. The molecule has 0 bridgehead atoms. The average molecular weight is 491 g/mol. The minimum atomic E-state index is -0.654. The van der Waals surface area contributed by atoms with Crippen LogP contribution in [0.2, 0.25) is 0 Å². The zero-order valence-electron chi connectivity index (χ0n) is 18.8. The van der Waals surface area contributed by atoms with Gasteiger partial charge in [0.2, 0.25) is 5.91 Å². The summed E-state index contributed by atoms with van der Waals surface area (Å²) >= 11 is 3.40. The number of amides is 2. The van der Waals surface area contributed by atoms with Crippen molar-refractivity contribution < 1.29 is 19.1 Å². The molecule has 0 spiro atoms. The van der Waals surface area contributed by atoms with Crippen LogP contribution < -0.4 is 20.3 Å². The van der Waals surface area contributed by atoms with Crippen molar-refractivity contribution in [2.24, 2.45) is 5.41 Å². The van der Waals surface area contributed by atoms with E-state index in [1.165, 1.54) is 0 Å². The number of benzene rings is 2. The SMILES string of the molecule is Cc1ccc(OCC(=O)NNC(=O)C(C)(C)CCCOc2cc(C)ccc2C)c(Br)c1. The van der Waals surface area contributed by atoms with Gasteiger partial charge in [-0.05, 0) is 84.4 Å².